The summed E-state index contributed by atoms with van der Waals surface area (Å²) in [6.45, 7) is 0.335. The van der Waals surface area contributed by atoms with Crippen molar-refractivity contribution in [3.05, 3.63) is 11.6 Å². The summed E-state index contributed by atoms with van der Waals surface area (Å²) in [7, 11) is 0. The number of carbonyl (C=O) groups is 2. The lowest BCUT2D eigenvalue weighted by molar-refractivity contribution is -0.139. The molecule has 0 heterocycles. The minimum absolute atomic E-state index is 0.141. The van der Waals surface area contributed by atoms with Gasteiger partial charge in [-0.1, -0.05) is 11.6 Å². The van der Waals surface area contributed by atoms with Crippen LogP contribution in [0.25, 0.3) is 0 Å². The molecule has 0 spiro atoms. The van der Waals surface area contributed by atoms with Crippen LogP contribution in [-0.2, 0) is 9.59 Å². The summed E-state index contributed by atoms with van der Waals surface area (Å²) >= 11 is 0. The highest BCUT2D eigenvalue weighted by molar-refractivity contribution is 6.35. The smallest absolute Gasteiger partial charge is 0.310 e. The van der Waals surface area contributed by atoms with Gasteiger partial charge in [0.1, 0.15) is 6.54 Å². The van der Waals surface area contributed by atoms with E-state index < -0.39 is 11.8 Å². The fourth-order valence-electron chi connectivity index (χ4n) is 1.58. The van der Waals surface area contributed by atoms with E-state index in [4.69, 9.17) is 5.26 Å². The molecule has 0 radical (unpaired) electrons. The number of amides is 2. The van der Waals surface area contributed by atoms with E-state index in [0.29, 0.717) is 6.54 Å². The first kappa shape index (κ1) is 12.2. The summed E-state index contributed by atoms with van der Waals surface area (Å²) in [4.78, 5) is 22.2. The Balaban J connectivity index is 2.14. The number of allylic oxidation sites excluding steroid dienone is 1. The fraction of sp³-hybridized carbons (Fsp3) is 0.545. The Morgan fingerprint density at radius 2 is 2.12 bits per heavy atom. The van der Waals surface area contributed by atoms with Crippen LogP contribution in [0.2, 0.25) is 0 Å². The van der Waals surface area contributed by atoms with Gasteiger partial charge in [0, 0.05) is 6.54 Å². The molecule has 5 heteroatoms. The minimum atomic E-state index is -0.748. The number of nitrogens with zero attached hydrogens (tertiary/aromatic N) is 1. The first-order chi connectivity index (χ1) is 7.74. The summed E-state index contributed by atoms with van der Waals surface area (Å²) in [5, 5.41) is 12.9. The van der Waals surface area contributed by atoms with Crippen molar-refractivity contribution in [2.45, 2.75) is 25.7 Å². The number of carbonyl (C=O) groups excluding carboxylic acids is 2. The molecule has 0 aromatic heterocycles. The second-order valence-corrected chi connectivity index (χ2v) is 3.60. The van der Waals surface area contributed by atoms with E-state index in [9.17, 15) is 9.59 Å². The predicted molar refractivity (Wildman–Crippen MR) is 58.2 cm³/mol. The number of rotatable bonds is 4. The Labute approximate surface area is 94.5 Å². The number of nitrogens with one attached hydrogen (secondary N) is 2. The van der Waals surface area contributed by atoms with Gasteiger partial charge in [-0.3, -0.25) is 9.59 Å². The van der Waals surface area contributed by atoms with Crippen molar-refractivity contribution in [2.75, 3.05) is 13.1 Å². The zero-order valence-electron chi connectivity index (χ0n) is 9.08. The van der Waals surface area contributed by atoms with Gasteiger partial charge in [-0.05, 0) is 25.7 Å². The van der Waals surface area contributed by atoms with Crippen molar-refractivity contribution >= 4 is 11.8 Å². The largest absolute Gasteiger partial charge is 0.348 e. The van der Waals surface area contributed by atoms with E-state index in [1.54, 1.807) is 6.07 Å². The van der Waals surface area contributed by atoms with Crippen LogP contribution in [0.4, 0.5) is 0 Å². The van der Waals surface area contributed by atoms with Gasteiger partial charge in [-0.15, -0.1) is 0 Å². The zero-order valence-corrected chi connectivity index (χ0v) is 9.08. The van der Waals surface area contributed by atoms with E-state index in [-0.39, 0.29) is 6.54 Å². The lowest BCUT2D eigenvalue weighted by atomic mass is 10.2. The fourth-order valence-corrected chi connectivity index (χ4v) is 1.58. The monoisotopic (exact) mass is 221 g/mol. The van der Waals surface area contributed by atoms with Crippen LogP contribution in [0.3, 0.4) is 0 Å². The van der Waals surface area contributed by atoms with Crippen LogP contribution in [0.1, 0.15) is 25.7 Å². The quantitative estimate of drug-likeness (QED) is 0.405. The average Bonchev–Trinajstić information content (AvgIpc) is 2.78. The molecular formula is C11H15N3O2. The Bertz CT molecular complexity index is 342. The SMILES string of the molecule is N#CCNC(=O)C(=O)NCCC1=CCCC1. The molecule has 0 atom stereocenters. The summed E-state index contributed by atoms with van der Waals surface area (Å²) in [6.07, 6.45) is 6.38. The van der Waals surface area contributed by atoms with Crippen LogP contribution in [0.5, 0.6) is 0 Å². The highest BCUT2D eigenvalue weighted by atomic mass is 16.2. The van der Waals surface area contributed by atoms with Crippen molar-refractivity contribution in [1.29, 1.82) is 5.26 Å². The third kappa shape index (κ3) is 4.13. The predicted octanol–water partition coefficient (Wildman–Crippen LogP) is 0.243. The molecule has 0 saturated heterocycles. The molecule has 1 aliphatic carbocycles. The molecule has 0 aromatic rings. The Kier molecular flexibility index (Phi) is 5.06. The van der Waals surface area contributed by atoms with Crippen molar-refractivity contribution in [3.63, 3.8) is 0 Å². The van der Waals surface area contributed by atoms with Crippen LogP contribution in [0.15, 0.2) is 11.6 Å². The maximum atomic E-state index is 11.2. The first-order valence-corrected chi connectivity index (χ1v) is 5.35. The van der Waals surface area contributed by atoms with E-state index in [0.717, 1.165) is 19.3 Å². The summed E-state index contributed by atoms with van der Waals surface area (Å²) in [5.41, 5.74) is 1.35. The Morgan fingerprint density at radius 3 is 2.75 bits per heavy atom. The van der Waals surface area contributed by atoms with Crippen molar-refractivity contribution in [2.24, 2.45) is 0 Å². The minimum Gasteiger partial charge on any atom is -0.348 e. The molecule has 1 rings (SSSR count). The first-order valence-electron chi connectivity index (χ1n) is 5.35. The van der Waals surface area contributed by atoms with Gasteiger partial charge in [0.15, 0.2) is 0 Å². The van der Waals surface area contributed by atoms with Crippen molar-refractivity contribution < 1.29 is 9.59 Å². The number of hydrogen-bond donors (Lipinski definition) is 2. The zero-order chi connectivity index (χ0) is 11.8. The molecule has 86 valence electrons. The number of hydrogen-bond acceptors (Lipinski definition) is 3. The van der Waals surface area contributed by atoms with Gasteiger partial charge in [0.25, 0.3) is 0 Å². The third-order valence-electron chi connectivity index (χ3n) is 2.40. The Morgan fingerprint density at radius 1 is 1.38 bits per heavy atom. The average molecular weight is 221 g/mol. The molecule has 0 fully saturated rings. The van der Waals surface area contributed by atoms with Gasteiger partial charge in [-0.25, -0.2) is 0 Å². The summed E-state index contributed by atoms with van der Waals surface area (Å²) in [6, 6.07) is 1.73. The highest BCUT2D eigenvalue weighted by Crippen LogP contribution is 2.19. The Hall–Kier alpha value is -1.83. The summed E-state index contributed by atoms with van der Waals surface area (Å²) in [5.74, 6) is -1.42. The normalized spacial score (nSPS) is 13.8. The molecule has 5 nitrogen and oxygen atoms in total. The van der Waals surface area contributed by atoms with Gasteiger partial charge in [-0.2, -0.15) is 5.26 Å². The summed E-state index contributed by atoms with van der Waals surface area (Å²) < 4.78 is 0. The molecular weight excluding hydrogens is 206 g/mol. The molecule has 0 saturated carbocycles. The lowest BCUT2D eigenvalue weighted by Crippen LogP contribution is -2.40. The van der Waals surface area contributed by atoms with Gasteiger partial charge in [0.05, 0.1) is 6.07 Å². The molecule has 2 amide bonds. The maximum Gasteiger partial charge on any atom is 0.310 e. The van der Waals surface area contributed by atoms with Crippen LogP contribution >= 0.6 is 0 Å². The van der Waals surface area contributed by atoms with E-state index >= 15 is 0 Å². The second-order valence-electron chi connectivity index (χ2n) is 3.60. The van der Waals surface area contributed by atoms with E-state index in [2.05, 4.69) is 16.7 Å². The standard InChI is InChI=1S/C11H15N3O2/c12-6-8-14-11(16)10(15)13-7-5-9-3-1-2-4-9/h3H,1-2,4-5,7-8H2,(H,13,15)(H,14,16). The topological polar surface area (TPSA) is 82.0 Å². The molecule has 16 heavy (non-hydrogen) atoms. The molecule has 0 bridgehead atoms. The highest BCUT2D eigenvalue weighted by Gasteiger charge is 2.12. The lowest BCUT2D eigenvalue weighted by Gasteiger charge is -2.04. The van der Waals surface area contributed by atoms with Crippen molar-refractivity contribution in [3.8, 4) is 6.07 Å². The van der Waals surface area contributed by atoms with Crippen LogP contribution in [0, 0.1) is 11.3 Å². The molecule has 1 aliphatic rings. The molecule has 0 aliphatic heterocycles. The maximum absolute atomic E-state index is 11.2. The molecule has 0 aromatic carbocycles. The van der Waals surface area contributed by atoms with E-state index in [1.165, 1.54) is 12.0 Å². The van der Waals surface area contributed by atoms with Gasteiger partial charge in [0.2, 0.25) is 0 Å². The van der Waals surface area contributed by atoms with Gasteiger partial charge < -0.3 is 10.6 Å². The third-order valence-corrected chi connectivity index (χ3v) is 2.40. The van der Waals surface area contributed by atoms with Crippen molar-refractivity contribution in [1.82, 2.24) is 10.6 Å². The molecule has 0 unspecified atom stereocenters. The van der Waals surface area contributed by atoms with Crippen LogP contribution < -0.4 is 10.6 Å². The second kappa shape index (κ2) is 6.62. The van der Waals surface area contributed by atoms with E-state index in [1.807, 2.05) is 0 Å². The molecule has 2 N–H and O–H groups in total. The number of nitriles is 1. The van der Waals surface area contributed by atoms with Gasteiger partial charge >= 0.3 is 11.8 Å². The van der Waals surface area contributed by atoms with Crippen LogP contribution in [-0.4, -0.2) is 24.9 Å².